The average Bonchev–Trinajstić information content (AvgIpc) is 2.31. The smallest absolute Gasteiger partial charge is 0.128 e. The van der Waals surface area contributed by atoms with Gasteiger partial charge in [0.1, 0.15) is 11.5 Å². The molecule has 0 spiro atoms. The first-order valence-electron chi connectivity index (χ1n) is 5.58. The lowest BCUT2D eigenvalue weighted by Gasteiger charge is -2.25. The van der Waals surface area contributed by atoms with E-state index in [2.05, 4.69) is 0 Å². The van der Waals surface area contributed by atoms with Crippen molar-refractivity contribution in [3.8, 4) is 11.5 Å². The van der Waals surface area contributed by atoms with Crippen LogP contribution in [0.25, 0.3) is 0 Å². The van der Waals surface area contributed by atoms with Gasteiger partial charge in [-0.2, -0.15) is 0 Å². The number of hydrogen-bond acceptors (Lipinski definition) is 4. The Labute approximate surface area is 103 Å². The van der Waals surface area contributed by atoms with Crippen molar-refractivity contribution in [3.63, 3.8) is 0 Å². The van der Waals surface area contributed by atoms with E-state index in [9.17, 15) is 0 Å². The van der Waals surface area contributed by atoms with Gasteiger partial charge in [0.15, 0.2) is 0 Å². The molecule has 0 aromatic heterocycles. The van der Waals surface area contributed by atoms with Crippen LogP contribution in [-0.2, 0) is 0 Å². The summed E-state index contributed by atoms with van der Waals surface area (Å²) in [4.78, 5) is 1.94. The number of benzene rings is 1. The largest absolute Gasteiger partial charge is 0.496 e. The normalized spacial score (nSPS) is 12.7. The van der Waals surface area contributed by atoms with Gasteiger partial charge in [-0.05, 0) is 45.1 Å². The molecule has 0 aliphatic carbocycles. The van der Waals surface area contributed by atoms with Crippen LogP contribution in [0.15, 0.2) is 6.07 Å². The van der Waals surface area contributed by atoms with E-state index >= 15 is 0 Å². The standard InChI is InChI=1S/C13H22N2O2/c1-8-9(2)12(17-6)10(7-11(8)16-5)13(14)15(3)4/h7,13H,14H2,1-6H3. The molecular formula is C13H22N2O2. The van der Waals surface area contributed by atoms with Crippen molar-refractivity contribution in [1.29, 1.82) is 0 Å². The Morgan fingerprint density at radius 1 is 1.12 bits per heavy atom. The first-order valence-corrected chi connectivity index (χ1v) is 5.58. The zero-order valence-electron chi connectivity index (χ0n) is 11.5. The predicted molar refractivity (Wildman–Crippen MR) is 69.6 cm³/mol. The van der Waals surface area contributed by atoms with Crippen LogP contribution in [0.2, 0.25) is 0 Å². The van der Waals surface area contributed by atoms with E-state index in [1.54, 1.807) is 14.2 Å². The summed E-state index contributed by atoms with van der Waals surface area (Å²) in [7, 11) is 7.21. The Bertz CT molecular complexity index is 403. The monoisotopic (exact) mass is 238 g/mol. The highest BCUT2D eigenvalue weighted by atomic mass is 16.5. The predicted octanol–water partition coefficient (Wildman–Crippen LogP) is 1.84. The lowest BCUT2D eigenvalue weighted by Crippen LogP contribution is -2.28. The van der Waals surface area contributed by atoms with E-state index in [0.717, 1.165) is 28.2 Å². The fraction of sp³-hybridized carbons (Fsp3) is 0.538. The molecule has 0 radical (unpaired) electrons. The Kier molecular flexibility index (Phi) is 4.37. The fourth-order valence-corrected chi connectivity index (χ4v) is 1.87. The minimum Gasteiger partial charge on any atom is -0.496 e. The van der Waals surface area contributed by atoms with Gasteiger partial charge in [-0.1, -0.05) is 0 Å². The quantitative estimate of drug-likeness (QED) is 0.813. The second kappa shape index (κ2) is 5.38. The summed E-state index contributed by atoms with van der Waals surface area (Å²) in [5.41, 5.74) is 9.24. The van der Waals surface area contributed by atoms with Crippen LogP contribution >= 0.6 is 0 Å². The van der Waals surface area contributed by atoms with E-state index in [1.165, 1.54) is 0 Å². The van der Waals surface area contributed by atoms with E-state index < -0.39 is 0 Å². The first kappa shape index (κ1) is 13.8. The van der Waals surface area contributed by atoms with Crippen molar-refractivity contribution in [2.45, 2.75) is 20.0 Å². The molecule has 0 amide bonds. The summed E-state index contributed by atoms with van der Waals surface area (Å²) in [5.74, 6) is 1.68. The van der Waals surface area contributed by atoms with Crippen LogP contribution in [0, 0.1) is 13.8 Å². The number of rotatable bonds is 4. The van der Waals surface area contributed by atoms with Gasteiger partial charge in [-0.25, -0.2) is 0 Å². The highest BCUT2D eigenvalue weighted by Gasteiger charge is 2.19. The lowest BCUT2D eigenvalue weighted by atomic mass is 10.0. The van der Waals surface area contributed by atoms with Crippen LogP contribution < -0.4 is 15.2 Å². The number of nitrogens with zero attached hydrogens (tertiary/aromatic N) is 1. The number of nitrogens with two attached hydrogens (primary N) is 1. The number of hydrogen-bond donors (Lipinski definition) is 1. The second-order valence-corrected chi connectivity index (χ2v) is 4.36. The molecule has 1 unspecified atom stereocenters. The van der Waals surface area contributed by atoms with Gasteiger partial charge in [-0.15, -0.1) is 0 Å². The van der Waals surface area contributed by atoms with Crippen LogP contribution in [0.3, 0.4) is 0 Å². The average molecular weight is 238 g/mol. The maximum Gasteiger partial charge on any atom is 0.128 e. The molecule has 1 aromatic carbocycles. The van der Waals surface area contributed by atoms with Crippen LogP contribution in [0.1, 0.15) is 22.9 Å². The molecule has 96 valence electrons. The maximum atomic E-state index is 6.15. The minimum atomic E-state index is -0.210. The summed E-state index contributed by atoms with van der Waals surface area (Å²) in [6, 6.07) is 1.95. The number of ether oxygens (including phenoxy) is 2. The Hall–Kier alpha value is -1.26. The van der Waals surface area contributed by atoms with Gasteiger partial charge in [-0.3, -0.25) is 4.90 Å². The Morgan fingerprint density at radius 3 is 2.12 bits per heavy atom. The molecule has 0 aliphatic rings. The zero-order valence-corrected chi connectivity index (χ0v) is 11.5. The van der Waals surface area contributed by atoms with Gasteiger partial charge in [0, 0.05) is 5.56 Å². The minimum absolute atomic E-state index is 0.210. The van der Waals surface area contributed by atoms with Crippen molar-refractivity contribution in [3.05, 3.63) is 22.8 Å². The lowest BCUT2D eigenvalue weighted by molar-refractivity contribution is 0.293. The molecule has 0 heterocycles. The summed E-state index contributed by atoms with van der Waals surface area (Å²) in [6.45, 7) is 4.03. The third-order valence-electron chi connectivity index (χ3n) is 3.12. The highest BCUT2D eigenvalue weighted by Crippen LogP contribution is 2.36. The zero-order chi connectivity index (χ0) is 13.2. The molecule has 0 saturated carbocycles. The molecule has 1 aromatic rings. The molecule has 0 aliphatic heterocycles. The molecule has 0 bridgehead atoms. The van der Waals surface area contributed by atoms with Crippen molar-refractivity contribution in [2.75, 3.05) is 28.3 Å². The van der Waals surface area contributed by atoms with Crippen molar-refractivity contribution >= 4 is 0 Å². The second-order valence-electron chi connectivity index (χ2n) is 4.36. The molecular weight excluding hydrogens is 216 g/mol. The van der Waals surface area contributed by atoms with Crippen LogP contribution in [0.5, 0.6) is 11.5 Å². The summed E-state index contributed by atoms with van der Waals surface area (Å²) < 4.78 is 10.8. The van der Waals surface area contributed by atoms with Gasteiger partial charge in [0.25, 0.3) is 0 Å². The van der Waals surface area contributed by atoms with Crippen molar-refractivity contribution in [2.24, 2.45) is 5.73 Å². The molecule has 17 heavy (non-hydrogen) atoms. The third-order valence-corrected chi connectivity index (χ3v) is 3.12. The summed E-state index contributed by atoms with van der Waals surface area (Å²) >= 11 is 0. The molecule has 4 heteroatoms. The summed E-state index contributed by atoms with van der Waals surface area (Å²) in [6.07, 6.45) is -0.210. The van der Waals surface area contributed by atoms with Crippen LogP contribution in [0.4, 0.5) is 0 Å². The molecule has 4 nitrogen and oxygen atoms in total. The van der Waals surface area contributed by atoms with E-state index in [4.69, 9.17) is 15.2 Å². The highest BCUT2D eigenvalue weighted by molar-refractivity contribution is 5.53. The van der Waals surface area contributed by atoms with Gasteiger partial charge < -0.3 is 15.2 Å². The van der Waals surface area contributed by atoms with Gasteiger partial charge in [0.05, 0.1) is 20.4 Å². The van der Waals surface area contributed by atoms with E-state index in [-0.39, 0.29) is 6.17 Å². The topological polar surface area (TPSA) is 47.7 Å². The molecule has 1 rings (SSSR count). The van der Waals surface area contributed by atoms with E-state index in [1.807, 2.05) is 38.9 Å². The molecule has 2 N–H and O–H groups in total. The fourth-order valence-electron chi connectivity index (χ4n) is 1.87. The van der Waals surface area contributed by atoms with E-state index in [0.29, 0.717) is 0 Å². The Morgan fingerprint density at radius 2 is 1.71 bits per heavy atom. The Balaban J connectivity index is 3.42. The first-order chi connectivity index (χ1) is 7.93. The maximum absolute atomic E-state index is 6.15. The number of methoxy groups -OCH3 is 2. The third kappa shape index (κ3) is 2.53. The van der Waals surface area contributed by atoms with Crippen molar-refractivity contribution in [1.82, 2.24) is 4.90 Å². The SMILES string of the molecule is COc1cc(C(N)N(C)C)c(OC)c(C)c1C. The van der Waals surface area contributed by atoms with Crippen molar-refractivity contribution < 1.29 is 9.47 Å². The van der Waals surface area contributed by atoms with Gasteiger partial charge in [0.2, 0.25) is 0 Å². The molecule has 1 atom stereocenters. The van der Waals surface area contributed by atoms with Gasteiger partial charge >= 0.3 is 0 Å². The molecule has 0 saturated heterocycles. The molecule has 0 fully saturated rings. The van der Waals surface area contributed by atoms with Crippen LogP contribution in [-0.4, -0.2) is 33.2 Å². The summed E-state index contributed by atoms with van der Waals surface area (Å²) in [5, 5.41) is 0.